The van der Waals surface area contributed by atoms with Crippen molar-refractivity contribution in [3.8, 4) is 5.75 Å². The van der Waals surface area contributed by atoms with Crippen LogP contribution in [0.4, 0.5) is 0 Å². The first-order chi connectivity index (χ1) is 14.3. The first-order valence-corrected chi connectivity index (χ1v) is 10.7. The number of halogens is 1. The number of rotatable bonds is 14. The van der Waals surface area contributed by atoms with Crippen molar-refractivity contribution in [3.05, 3.63) is 29.8 Å². The Kier molecular flexibility index (Phi) is 15.8. The van der Waals surface area contributed by atoms with Crippen LogP contribution in [-0.2, 0) is 20.8 Å². The molecule has 1 unspecified atom stereocenters. The number of hydrogen-bond donors (Lipinski definition) is 2. The molecule has 2 rings (SSSR count). The molecule has 0 bridgehead atoms. The maximum Gasteiger partial charge on any atom is 0.191 e. The molecule has 1 fully saturated rings. The van der Waals surface area contributed by atoms with Gasteiger partial charge in [0.2, 0.25) is 0 Å². The van der Waals surface area contributed by atoms with Gasteiger partial charge in [-0.2, -0.15) is 0 Å². The van der Waals surface area contributed by atoms with Crippen LogP contribution in [0.5, 0.6) is 5.75 Å². The fourth-order valence-corrected chi connectivity index (χ4v) is 2.97. The van der Waals surface area contributed by atoms with E-state index in [4.69, 9.17) is 23.9 Å². The summed E-state index contributed by atoms with van der Waals surface area (Å²) in [4.78, 5) is 4.70. The zero-order valence-electron chi connectivity index (χ0n) is 18.4. The van der Waals surface area contributed by atoms with Gasteiger partial charge >= 0.3 is 0 Å². The van der Waals surface area contributed by atoms with Gasteiger partial charge in [0, 0.05) is 39.5 Å². The van der Waals surface area contributed by atoms with E-state index >= 15 is 0 Å². The summed E-state index contributed by atoms with van der Waals surface area (Å²) in [5.74, 6) is 1.67. The number of aliphatic imine (C=N–C) groups is 1. The lowest BCUT2D eigenvalue weighted by atomic mass is 10.2. The summed E-state index contributed by atoms with van der Waals surface area (Å²) in [6, 6.07) is 7.99. The number of hydrogen-bond acceptors (Lipinski definition) is 5. The highest BCUT2D eigenvalue weighted by atomic mass is 127. The molecule has 0 saturated carbocycles. The first-order valence-electron chi connectivity index (χ1n) is 10.7. The number of nitrogens with one attached hydrogen (secondary N) is 2. The van der Waals surface area contributed by atoms with Crippen molar-refractivity contribution in [2.75, 3.05) is 53.2 Å². The van der Waals surface area contributed by atoms with Gasteiger partial charge in [-0.1, -0.05) is 12.1 Å². The van der Waals surface area contributed by atoms with E-state index in [0.717, 1.165) is 82.5 Å². The second kappa shape index (κ2) is 17.6. The molecule has 8 heteroatoms. The van der Waals surface area contributed by atoms with Crippen molar-refractivity contribution in [1.82, 2.24) is 10.6 Å². The third kappa shape index (κ3) is 11.9. The van der Waals surface area contributed by atoms with Crippen LogP contribution in [0.2, 0.25) is 0 Å². The summed E-state index contributed by atoms with van der Waals surface area (Å²) >= 11 is 0. The van der Waals surface area contributed by atoms with Crippen LogP contribution in [0.3, 0.4) is 0 Å². The van der Waals surface area contributed by atoms with Crippen molar-refractivity contribution in [1.29, 1.82) is 0 Å². The predicted octanol–water partition coefficient (Wildman–Crippen LogP) is 3.36. The fourth-order valence-electron chi connectivity index (χ4n) is 2.97. The van der Waals surface area contributed by atoms with E-state index in [-0.39, 0.29) is 30.1 Å². The lowest BCUT2D eigenvalue weighted by Crippen LogP contribution is -2.39. The topological polar surface area (TPSA) is 73.3 Å². The minimum Gasteiger partial charge on any atom is -0.497 e. The zero-order valence-corrected chi connectivity index (χ0v) is 20.7. The molecule has 1 saturated heterocycles. The Morgan fingerprint density at radius 1 is 1.10 bits per heavy atom. The van der Waals surface area contributed by atoms with Gasteiger partial charge in [-0.05, 0) is 50.3 Å². The van der Waals surface area contributed by atoms with Gasteiger partial charge in [-0.3, -0.25) is 0 Å². The van der Waals surface area contributed by atoms with Crippen molar-refractivity contribution in [2.24, 2.45) is 4.99 Å². The van der Waals surface area contributed by atoms with Gasteiger partial charge in [-0.15, -0.1) is 24.0 Å². The highest BCUT2D eigenvalue weighted by Crippen LogP contribution is 2.12. The molecule has 1 aliphatic rings. The molecular formula is C22H38IN3O4. The van der Waals surface area contributed by atoms with Crippen LogP contribution in [0, 0.1) is 0 Å². The van der Waals surface area contributed by atoms with Gasteiger partial charge in [0.25, 0.3) is 0 Å². The molecule has 172 valence electrons. The molecule has 7 nitrogen and oxygen atoms in total. The van der Waals surface area contributed by atoms with E-state index in [2.05, 4.69) is 10.6 Å². The molecule has 0 radical (unpaired) electrons. The van der Waals surface area contributed by atoms with Crippen molar-refractivity contribution in [2.45, 2.75) is 45.3 Å². The molecule has 1 aliphatic heterocycles. The molecule has 1 heterocycles. The largest absolute Gasteiger partial charge is 0.497 e. The minimum absolute atomic E-state index is 0. The molecule has 2 N–H and O–H groups in total. The molecule has 0 amide bonds. The lowest BCUT2D eigenvalue weighted by molar-refractivity contribution is 0.0168. The summed E-state index contributed by atoms with van der Waals surface area (Å²) < 4.78 is 21.9. The smallest absolute Gasteiger partial charge is 0.191 e. The van der Waals surface area contributed by atoms with Crippen molar-refractivity contribution in [3.63, 3.8) is 0 Å². The third-order valence-electron chi connectivity index (χ3n) is 4.63. The second-order valence-electron chi connectivity index (χ2n) is 6.98. The Balaban J connectivity index is 0.00000450. The first kappa shape index (κ1) is 26.9. The Hall–Kier alpha value is -1.10. The SMILES string of the molecule is CCOCCCNC(=NCc1ccc(OC)cc1)NCCCOCC1CCCO1.I. The van der Waals surface area contributed by atoms with Gasteiger partial charge in [-0.25, -0.2) is 4.99 Å². The number of methoxy groups -OCH3 is 1. The molecular weight excluding hydrogens is 497 g/mol. The van der Waals surface area contributed by atoms with E-state index in [0.29, 0.717) is 13.2 Å². The third-order valence-corrected chi connectivity index (χ3v) is 4.63. The Morgan fingerprint density at radius 3 is 2.40 bits per heavy atom. The standard InChI is InChI=1S/C22H37N3O4.HI/c1-3-27-14-5-12-23-22(25-17-19-8-10-20(26-2)11-9-19)24-13-6-15-28-18-21-7-4-16-29-21;/h8-11,21H,3-7,12-18H2,1-2H3,(H2,23,24,25);1H. The fraction of sp³-hybridized carbons (Fsp3) is 0.682. The zero-order chi connectivity index (χ0) is 20.6. The minimum atomic E-state index is 0. The van der Waals surface area contributed by atoms with Crippen LogP contribution < -0.4 is 15.4 Å². The monoisotopic (exact) mass is 535 g/mol. The molecule has 1 atom stereocenters. The van der Waals surface area contributed by atoms with Gasteiger partial charge in [0.1, 0.15) is 5.75 Å². The van der Waals surface area contributed by atoms with Crippen molar-refractivity contribution >= 4 is 29.9 Å². The summed E-state index contributed by atoms with van der Waals surface area (Å²) in [6.45, 7) is 8.07. The van der Waals surface area contributed by atoms with Crippen LogP contribution in [0.15, 0.2) is 29.3 Å². The highest BCUT2D eigenvalue weighted by Gasteiger charge is 2.14. The molecule has 0 spiro atoms. The van der Waals surface area contributed by atoms with Crippen LogP contribution in [0.25, 0.3) is 0 Å². The Morgan fingerprint density at radius 2 is 1.80 bits per heavy atom. The van der Waals surface area contributed by atoms with Crippen molar-refractivity contribution < 1.29 is 18.9 Å². The molecule has 1 aromatic rings. The maximum atomic E-state index is 5.72. The number of guanidine groups is 1. The predicted molar refractivity (Wildman–Crippen MR) is 131 cm³/mol. The van der Waals surface area contributed by atoms with Crippen LogP contribution in [-0.4, -0.2) is 65.3 Å². The summed E-state index contributed by atoms with van der Waals surface area (Å²) in [6.07, 6.45) is 4.43. The molecule has 1 aromatic carbocycles. The average molecular weight is 535 g/mol. The average Bonchev–Trinajstić information content (AvgIpc) is 3.27. The lowest BCUT2D eigenvalue weighted by Gasteiger charge is -2.14. The van der Waals surface area contributed by atoms with Gasteiger partial charge in [0.05, 0.1) is 26.4 Å². The Labute approximate surface area is 198 Å². The van der Waals surface area contributed by atoms with E-state index in [1.807, 2.05) is 31.2 Å². The Bertz CT molecular complexity index is 566. The van der Waals surface area contributed by atoms with E-state index in [1.165, 1.54) is 0 Å². The van der Waals surface area contributed by atoms with E-state index < -0.39 is 0 Å². The molecule has 30 heavy (non-hydrogen) atoms. The van der Waals surface area contributed by atoms with Gasteiger partial charge in [0.15, 0.2) is 5.96 Å². The summed E-state index contributed by atoms with van der Waals surface area (Å²) in [5, 5.41) is 6.77. The number of ether oxygens (including phenoxy) is 4. The molecule has 0 aliphatic carbocycles. The van der Waals surface area contributed by atoms with Crippen LogP contribution in [0.1, 0.15) is 38.2 Å². The summed E-state index contributed by atoms with van der Waals surface area (Å²) in [7, 11) is 1.67. The highest BCUT2D eigenvalue weighted by molar-refractivity contribution is 14.0. The van der Waals surface area contributed by atoms with E-state index in [9.17, 15) is 0 Å². The molecule has 0 aromatic heterocycles. The van der Waals surface area contributed by atoms with Gasteiger partial charge < -0.3 is 29.6 Å². The summed E-state index contributed by atoms with van der Waals surface area (Å²) in [5.41, 5.74) is 1.14. The normalized spacial score (nSPS) is 16.2. The number of nitrogens with zero attached hydrogens (tertiary/aromatic N) is 1. The van der Waals surface area contributed by atoms with E-state index in [1.54, 1.807) is 7.11 Å². The number of benzene rings is 1. The maximum absolute atomic E-state index is 5.72. The second-order valence-corrected chi connectivity index (χ2v) is 6.98. The quantitative estimate of drug-likeness (QED) is 0.165. The van der Waals surface area contributed by atoms with Crippen LogP contribution >= 0.6 is 24.0 Å².